The normalized spacial score (nSPS) is 16.3. The lowest BCUT2D eigenvalue weighted by Crippen LogP contribution is -2.57. The zero-order valence-corrected chi connectivity index (χ0v) is 24.3. The summed E-state index contributed by atoms with van der Waals surface area (Å²) >= 11 is 6.06. The number of rotatable bonds is 9. The molecule has 0 saturated carbocycles. The molecular weight excluding hydrogens is 536 g/mol. The summed E-state index contributed by atoms with van der Waals surface area (Å²) in [7, 11) is 0. The number of aryl methyl sites for hydroxylation is 1. The summed E-state index contributed by atoms with van der Waals surface area (Å²) in [5.41, 5.74) is 2.64. The number of amides is 3. The van der Waals surface area contributed by atoms with Crippen LogP contribution in [0.15, 0.2) is 78.9 Å². The highest BCUT2D eigenvalue weighted by Gasteiger charge is 2.54. The zero-order chi connectivity index (χ0) is 28.8. The quantitative estimate of drug-likeness (QED) is 0.320. The van der Waals surface area contributed by atoms with Crippen molar-refractivity contribution in [3.8, 4) is 0 Å². The maximum absolute atomic E-state index is 14.0. The Bertz CT molecular complexity index is 1370. The fourth-order valence-electron chi connectivity index (χ4n) is 5.92. The van der Waals surface area contributed by atoms with Gasteiger partial charge in [0.05, 0.1) is 6.67 Å². The monoisotopic (exact) mass is 572 g/mol. The molecule has 0 bridgehead atoms. The highest BCUT2D eigenvalue weighted by Crippen LogP contribution is 2.39. The average molecular weight is 573 g/mol. The fourth-order valence-corrected chi connectivity index (χ4v) is 6.11. The highest BCUT2D eigenvalue weighted by atomic mass is 35.5. The van der Waals surface area contributed by atoms with Crippen LogP contribution in [0.25, 0.3) is 0 Å². The van der Waals surface area contributed by atoms with Crippen LogP contribution in [0.1, 0.15) is 54.9 Å². The van der Waals surface area contributed by atoms with E-state index >= 15 is 0 Å². The van der Waals surface area contributed by atoms with Gasteiger partial charge < -0.3 is 20.0 Å². The molecule has 0 atom stereocenters. The molecule has 0 aliphatic carbocycles. The predicted octanol–water partition coefficient (Wildman–Crippen LogP) is 5.99. The number of halogens is 1. The first-order chi connectivity index (χ1) is 19.9. The van der Waals surface area contributed by atoms with Crippen LogP contribution in [-0.2, 0) is 16.0 Å². The van der Waals surface area contributed by atoms with Gasteiger partial charge in [0.2, 0.25) is 5.91 Å². The summed E-state index contributed by atoms with van der Waals surface area (Å²) in [6, 6.07) is 24.7. The molecule has 3 aromatic carbocycles. The summed E-state index contributed by atoms with van der Waals surface area (Å²) in [6.07, 6.45) is 5.56. The van der Waals surface area contributed by atoms with Crippen molar-refractivity contribution >= 4 is 40.7 Å². The maximum Gasteiger partial charge on any atom is 0.253 e. The number of para-hydroxylation sites is 1. The van der Waals surface area contributed by atoms with Crippen molar-refractivity contribution in [1.29, 1.82) is 0 Å². The smallest absolute Gasteiger partial charge is 0.253 e. The molecular formula is C33H37ClN4O3. The van der Waals surface area contributed by atoms with Gasteiger partial charge in [-0.05, 0) is 73.7 Å². The fraction of sp³-hybridized carbons (Fsp3) is 0.364. The standard InChI is InChI=1S/C33H37ClN4O3/c1-2-3-5-9-25-14-16-26(17-15-25)31(40)36-20-18-33(19-21-36)32(41)37(24-38(33)29-12-6-4-7-13-29)23-30(39)35-28-11-8-10-27(34)22-28/h4,6-8,10-17,22H,2-3,5,9,18-21,23-24H2,1H3,(H,35,39). The summed E-state index contributed by atoms with van der Waals surface area (Å²) in [5, 5.41) is 3.37. The van der Waals surface area contributed by atoms with E-state index in [-0.39, 0.29) is 24.3 Å². The summed E-state index contributed by atoms with van der Waals surface area (Å²) in [4.78, 5) is 45.8. The molecule has 41 heavy (non-hydrogen) atoms. The van der Waals surface area contributed by atoms with Gasteiger partial charge in [-0.3, -0.25) is 14.4 Å². The van der Waals surface area contributed by atoms with Gasteiger partial charge in [0.15, 0.2) is 0 Å². The number of nitrogens with zero attached hydrogens (tertiary/aromatic N) is 3. The van der Waals surface area contributed by atoms with Crippen LogP contribution < -0.4 is 10.2 Å². The van der Waals surface area contributed by atoms with Crippen LogP contribution in [0, 0.1) is 0 Å². The van der Waals surface area contributed by atoms with Crippen molar-refractivity contribution in [2.24, 2.45) is 0 Å². The Balaban J connectivity index is 1.28. The van der Waals surface area contributed by atoms with Crippen molar-refractivity contribution in [1.82, 2.24) is 9.80 Å². The lowest BCUT2D eigenvalue weighted by atomic mass is 9.85. The second-order valence-corrected chi connectivity index (χ2v) is 11.4. The van der Waals surface area contributed by atoms with Gasteiger partial charge in [-0.15, -0.1) is 0 Å². The van der Waals surface area contributed by atoms with Gasteiger partial charge >= 0.3 is 0 Å². The number of hydrogen-bond acceptors (Lipinski definition) is 4. The molecule has 0 unspecified atom stereocenters. The third-order valence-electron chi connectivity index (χ3n) is 8.17. The van der Waals surface area contributed by atoms with Crippen molar-refractivity contribution in [2.45, 2.75) is 51.0 Å². The molecule has 2 aliphatic rings. The third-order valence-corrected chi connectivity index (χ3v) is 8.41. The zero-order valence-electron chi connectivity index (χ0n) is 23.5. The molecule has 1 N–H and O–H groups in total. The number of anilines is 2. The molecule has 7 nitrogen and oxygen atoms in total. The van der Waals surface area contributed by atoms with Gasteiger partial charge in [-0.25, -0.2) is 0 Å². The van der Waals surface area contributed by atoms with Gasteiger partial charge in [0, 0.05) is 35.1 Å². The van der Waals surface area contributed by atoms with Crippen molar-refractivity contribution in [3.05, 3.63) is 95.0 Å². The number of carbonyl (C=O) groups is 3. The molecule has 1 spiro atoms. The molecule has 8 heteroatoms. The molecule has 3 amide bonds. The topological polar surface area (TPSA) is 73.0 Å². The van der Waals surface area contributed by atoms with E-state index < -0.39 is 5.54 Å². The Labute approximate surface area is 247 Å². The van der Waals surface area contributed by atoms with E-state index in [0.717, 1.165) is 18.5 Å². The summed E-state index contributed by atoms with van der Waals surface area (Å²) < 4.78 is 0. The van der Waals surface area contributed by atoms with Crippen LogP contribution in [0.4, 0.5) is 11.4 Å². The number of carbonyl (C=O) groups excluding carboxylic acids is 3. The van der Waals surface area contributed by atoms with E-state index in [1.807, 2.05) is 47.4 Å². The number of unbranched alkanes of at least 4 members (excludes halogenated alkanes) is 2. The molecule has 214 valence electrons. The molecule has 2 saturated heterocycles. The molecule has 0 aromatic heterocycles. The Hall–Kier alpha value is -3.84. The van der Waals surface area contributed by atoms with Gasteiger partial charge in [-0.1, -0.05) is 67.8 Å². The number of likely N-dealkylation sites (tertiary alicyclic amines) is 1. The summed E-state index contributed by atoms with van der Waals surface area (Å²) in [5.74, 6) is -0.364. The Morgan fingerprint density at radius 1 is 0.927 bits per heavy atom. The minimum absolute atomic E-state index is 0.00517. The van der Waals surface area contributed by atoms with Crippen LogP contribution in [0.3, 0.4) is 0 Å². The number of hydrogen-bond donors (Lipinski definition) is 1. The molecule has 0 radical (unpaired) electrons. The Morgan fingerprint density at radius 3 is 2.34 bits per heavy atom. The first-order valence-corrected chi connectivity index (χ1v) is 14.8. The Kier molecular flexibility index (Phi) is 8.93. The molecule has 2 aliphatic heterocycles. The molecule has 2 fully saturated rings. The average Bonchev–Trinajstić information content (AvgIpc) is 3.24. The van der Waals surface area contributed by atoms with E-state index in [4.69, 9.17) is 11.6 Å². The first-order valence-electron chi connectivity index (χ1n) is 14.5. The number of benzene rings is 3. The minimum atomic E-state index is -0.808. The van der Waals surface area contributed by atoms with Crippen LogP contribution in [0.2, 0.25) is 5.02 Å². The maximum atomic E-state index is 14.0. The molecule has 2 heterocycles. The highest BCUT2D eigenvalue weighted by molar-refractivity contribution is 6.30. The van der Waals surface area contributed by atoms with E-state index in [1.165, 1.54) is 18.4 Å². The van der Waals surface area contributed by atoms with Crippen molar-refractivity contribution in [2.75, 3.05) is 36.5 Å². The summed E-state index contributed by atoms with van der Waals surface area (Å²) in [6.45, 7) is 3.37. The van der Waals surface area contributed by atoms with Crippen LogP contribution in [-0.4, -0.2) is 59.4 Å². The van der Waals surface area contributed by atoms with Crippen LogP contribution in [0.5, 0.6) is 0 Å². The van der Waals surface area contributed by atoms with E-state index in [2.05, 4.69) is 29.3 Å². The van der Waals surface area contributed by atoms with Gasteiger partial charge in [0.25, 0.3) is 11.8 Å². The van der Waals surface area contributed by atoms with Crippen molar-refractivity contribution in [3.63, 3.8) is 0 Å². The number of nitrogens with one attached hydrogen (secondary N) is 1. The lowest BCUT2D eigenvalue weighted by molar-refractivity contribution is -0.136. The van der Waals surface area contributed by atoms with Crippen LogP contribution >= 0.6 is 11.6 Å². The number of piperidine rings is 1. The van der Waals surface area contributed by atoms with E-state index in [9.17, 15) is 14.4 Å². The molecule has 3 aromatic rings. The van der Waals surface area contributed by atoms with Gasteiger partial charge in [-0.2, -0.15) is 0 Å². The first kappa shape index (κ1) is 28.7. The van der Waals surface area contributed by atoms with Crippen molar-refractivity contribution < 1.29 is 14.4 Å². The van der Waals surface area contributed by atoms with E-state index in [1.54, 1.807) is 29.2 Å². The predicted molar refractivity (Wildman–Crippen MR) is 163 cm³/mol. The third kappa shape index (κ3) is 6.41. The SMILES string of the molecule is CCCCCc1ccc(C(=O)N2CCC3(CC2)C(=O)N(CC(=O)Nc2cccc(Cl)c2)CN3c2ccccc2)cc1. The second-order valence-electron chi connectivity index (χ2n) is 10.9. The molecule has 5 rings (SSSR count). The van der Waals surface area contributed by atoms with Gasteiger partial charge in [0.1, 0.15) is 12.1 Å². The minimum Gasteiger partial charge on any atom is -0.339 e. The largest absolute Gasteiger partial charge is 0.339 e. The lowest BCUT2D eigenvalue weighted by Gasteiger charge is -2.43. The van der Waals surface area contributed by atoms with E-state index in [0.29, 0.717) is 48.9 Å². The second kappa shape index (κ2) is 12.8. The Morgan fingerprint density at radius 2 is 1.66 bits per heavy atom.